The molecule has 3 aromatic carbocycles. The molecule has 2 aliphatic heterocycles. The van der Waals surface area contributed by atoms with Gasteiger partial charge in [-0.1, -0.05) is 62.7 Å². The number of hydrogen-bond donors (Lipinski definition) is 2. The first-order chi connectivity index (χ1) is 19.9. The third-order valence-electron chi connectivity index (χ3n) is 7.76. The van der Waals surface area contributed by atoms with E-state index in [9.17, 15) is 14.4 Å². The van der Waals surface area contributed by atoms with Crippen molar-refractivity contribution in [3.05, 3.63) is 70.7 Å². The molecule has 0 saturated carbocycles. The summed E-state index contributed by atoms with van der Waals surface area (Å²) in [6.07, 6.45) is 0.805. The molecule has 0 spiro atoms. The number of carboxylic acids is 1. The number of nitrogens with zero attached hydrogens (tertiary/aromatic N) is 1. The van der Waals surface area contributed by atoms with Crippen LogP contribution in [0.15, 0.2) is 54.6 Å². The van der Waals surface area contributed by atoms with Crippen molar-refractivity contribution in [2.45, 2.75) is 46.6 Å². The van der Waals surface area contributed by atoms with Crippen LogP contribution in [0.5, 0.6) is 5.75 Å². The maximum absolute atomic E-state index is 13.0. The number of Topliss-reactive ketones (excluding diaryl/α,β-unsaturated/α-hetero) is 1. The average Bonchev–Trinajstić information content (AvgIpc) is 3.08. The lowest BCUT2D eigenvalue weighted by molar-refractivity contribution is -0.155. The zero-order chi connectivity index (χ0) is 30.7. The van der Waals surface area contributed by atoms with Crippen molar-refractivity contribution in [3.63, 3.8) is 0 Å². The highest BCUT2D eigenvalue weighted by atomic mass is 35.5. The number of fused-ring (bicyclic) bond motifs is 2. The fourth-order valence-electron chi connectivity index (χ4n) is 5.58. The summed E-state index contributed by atoms with van der Waals surface area (Å²) in [5.41, 5.74) is 1.52. The Morgan fingerprint density at radius 1 is 1.12 bits per heavy atom. The molecule has 1 amide bonds. The van der Waals surface area contributed by atoms with E-state index in [1.807, 2.05) is 53.4 Å². The van der Waals surface area contributed by atoms with Crippen LogP contribution in [-0.2, 0) is 19.1 Å². The number of piperidine rings is 1. The highest BCUT2D eigenvalue weighted by molar-refractivity contribution is 6.30. The van der Waals surface area contributed by atoms with Crippen LogP contribution in [-0.4, -0.2) is 56.1 Å². The predicted octanol–water partition coefficient (Wildman–Crippen LogP) is 6.03. The summed E-state index contributed by atoms with van der Waals surface area (Å²) in [4.78, 5) is 36.9. The molecule has 2 heterocycles. The summed E-state index contributed by atoms with van der Waals surface area (Å²) in [7, 11) is 1.67. The van der Waals surface area contributed by atoms with Crippen LogP contribution in [0.1, 0.15) is 57.8 Å². The Labute approximate surface area is 251 Å². The minimum atomic E-state index is -1.15. The molecule has 5 rings (SSSR count). The Hall–Kier alpha value is -3.46. The minimum absolute atomic E-state index is 0.00734. The molecule has 3 aromatic rings. The van der Waals surface area contributed by atoms with Crippen molar-refractivity contribution in [2.24, 2.45) is 10.8 Å². The first-order valence-corrected chi connectivity index (χ1v) is 14.5. The van der Waals surface area contributed by atoms with E-state index >= 15 is 0 Å². The van der Waals surface area contributed by atoms with Gasteiger partial charge in [-0.15, -0.1) is 0 Å². The third kappa shape index (κ3) is 6.61. The molecule has 9 heteroatoms. The third-order valence-corrected chi connectivity index (χ3v) is 7.99. The Morgan fingerprint density at radius 2 is 1.83 bits per heavy atom. The predicted molar refractivity (Wildman–Crippen MR) is 164 cm³/mol. The number of carbonyl (C=O) groups is 3. The van der Waals surface area contributed by atoms with Crippen LogP contribution >= 0.6 is 11.6 Å². The number of carboxylic acid groups (broad SMARTS) is 1. The number of benzene rings is 3. The molecular weight excluding hydrogens is 556 g/mol. The summed E-state index contributed by atoms with van der Waals surface area (Å²) in [6.45, 7) is 9.40. The topological polar surface area (TPSA) is 105 Å². The summed E-state index contributed by atoms with van der Waals surface area (Å²) < 4.78 is 11.8. The number of ether oxygens (including phenoxy) is 2. The second kappa shape index (κ2) is 12.8. The van der Waals surface area contributed by atoms with Crippen molar-refractivity contribution in [1.82, 2.24) is 5.32 Å². The van der Waals surface area contributed by atoms with E-state index < -0.39 is 17.5 Å². The Morgan fingerprint density at radius 3 is 2.40 bits per heavy atom. The maximum atomic E-state index is 13.0. The molecular formula is C33H39ClN2O6. The van der Waals surface area contributed by atoms with E-state index in [-0.39, 0.29) is 30.3 Å². The lowest BCUT2D eigenvalue weighted by Crippen LogP contribution is -2.49. The second-order valence-corrected chi connectivity index (χ2v) is 12.5. The van der Waals surface area contributed by atoms with Crippen LogP contribution in [0.25, 0.3) is 10.8 Å². The number of nitrogens with one attached hydrogen (secondary N) is 1. The first-order valence-electron chi connectivity index (χ1n) is 14.1. The van der Waals surface area contributed by atoms with Crippen molar-refractivity contribution in [1.29, 1.82) is 0 Å². The molecule has 42 heavy (non-hydrogen) atoms. The summed E-state index contributed by atoms with van der Waals surface area (Å²) in [6, 6.07) is 17.7. The molecule has 0 bridgehead atoms. The number of methoxy groups -OCH3 is 1. The molecule has 0 aliphatic carbocycles. The van der Waals surface area contributed by atoms with Gasteiger partial charge in [0.15, 0.2) is 0 Å². The Bertz CT molecular complexity index is 1460. The van der Waals surface area contributed by atoms with Gasteiger partial charge in [-0.3, -0.25) is 14.4 Å². The van der Waals surface area contributed by atoms with Gasteiger partial charge in [0.05, 0.1) is 7.11 Å². The van der Waals surface area contributed by atoms with Gasteiger partial charge >= 0.3 is 5.97 Å². The standard InChI is InChI=1S/C25H26ClNO3.C8H13NO3/c1-25(2,3)15-27-21-11-9-16(26)13-20(21)24(30-14-23(27)28)19-10-12-22(29-4)18-8-6-5-7-17(18)19;1-6(10)8(7(11)12)3-2-4-9-5-8/h5-13,24H,14-15H2,1-4H3;9H,2-5H2,1H3,(H,11,12). The van der Waals surface area contributed by atoms with Crippen molar-refractivity contribution in [3.8, 4) is 5.75 Å². The molecule has 8 nitrogen and oxygen atoms in total. The van der Waals surface area contributed by atoms with Gasteiger partial charge in [0.2, 0.25) is 0 Å². The van der Waals surface area contributed by atoms with E-state index in [0.29, 0.717) is 18.0 Å². The van der Waals surface area contributed by atoms with Crippen molar-refractivity contribution < 1.29 is 29.0 Å². The van der Waals surface area contributed by atoms with Gasteiger partial charge in [0, 0.05) is 34.7 Å². The van der Waals surface area contributed by atoms with Crippen LogP contribution in [0, 0.1) is 10.8 Å². The van der Waals surface area contributed by atoms with Gasteiger partial charge in [0.1, 0.15) is 29.7 Å². The summed E-state index contributed by atoms with van der Waals surface area (Å²) in [5, 5.41) is 14.5. The van der Waals surface area contributed by atoms with Gasteiger partial charge in [0.25, 0.3) is 5.91 Å². The van der Waals surface area contributed by atoms with Gasteiger partial charge in [-0.2, -0.15) is 0 Å². The number of aliphatic carboxylic acids is 1. The highest BCUT2D eigenvalue weighted by Crippen LogP contribution is 2.42. The second-order valence-electron chi connectivity index (χ2n) is 12.1. The van der Waals surface area contributed by atoms with E-state index in [1.54, 1.807) is 7.11 Å². The number of rotatable bonds is 5. The molecule has 2 unspecified atom stereocenters. The van der Waals surface area contributed by atoms with Crippen LogP contribution in [0.2, 0.25) is 5.02 Å². The number of amides is 1. The average molecular weight is 595 g/mol. The molecule has 0 radical (unpaired) electrons. The molecule has 224 valence electrons. The maximum Gasteiger partial charge on any atom is 0.318 e. The SMILES string of the molecule is CC(=O)C1(C(=O)O)CCCNC1.COc1ccc(C2OCC(=O)N(CC(C)(C)C)c3ccc(Cl)cc32)c2ccccc12. The molecule has 2 N–H and O–H groups in total. The molecule has 1 saturated heterocycles. The zero-order valence-corrected chi connectivity index (χ0v) is 25.6. The normalized spacial score (nSPS) is 20.7. The van der Waals surface area contributed by atoms with Crippen LogP contribution in [0.4, 0.5) is 5.69 Å². The molecule has 1 fully saturated rings. The van der Waals surface area contributed by atoms with Crippen LogP contribution < -0.4 is 15.0 Å². The van der Waals surface area contributed by atoms with E-state index in [0.717, 1.165) is 46.3 Å². The molecule has 2 atom stereocenters. The smallest absolute Gasteiger partial charge is 0.318 e. The molecule has 0 aromatic heterocycles. The lowest BCUT2D eigenvalue weighted by Gasteiger charge is -2.30. The van der Waals surface area contributed by atoms with Gasteiger partial charge in [-0.05, 0) is 66.9 Å². The summed E-state index contributed by atoms with van der Waals surface area (Å²) >= 11 is 6.39. The quantitative estimate of drug-likeness (QED) is 0.347. The Balaban J connectivity index is 0.000000283. The largest absolute Gasteiger partial charge is 0.496 e. The Kier molecular flexibility index (Phi) is 9.60. The van der Waals surface area contributed by atoms with Crippen molar-refractivity contribution in [2.75, 3.05) is 38.3 Å². The minimum Gasteiger partial charge on any atom is -0.496 e. The van der Waals surface area contributed by atoms with E-state index in [2.05, 4.69) is 32.2 Å². The number of ketones is 1. The number of halogens is 1. The van der Waals surface area contributed by atoms with Gasteiger partial charge < -0.3 is 24.8 Å². The molecule has 2 aliphatic rings. The highest BCUT2D eigenvalue weighted by Gasteiger charge is 2.44. The monoisotopic (exact) mass is 594 g/mol. The fourth-order valence-corrected chi connectivity index (χ4v) is 5.76. The number of carbonyl (C=O) groups excluding carboxylic acids is 2. The van der Waals surface area contributed by atoms with E-state index in [1.165, 1.54) is 6.92 Å². The van der Waals surface area contributed by atoms with Crippen LogP contribution in [0.3, 0.4) is 0 Å². The van der Waals surface area contributed by atoms with Gasteiger partial charge in [-0.25, -0.2) is 0 Å². The number of hydrogen-bond acceptors (Lipinski definition) is 6. The summed E-state index contributed by atoms with van der Waals surface area (Å²) in [5.74, 6) is -0.488. The van der Waals surface area contributed by atoms with Crippen molar-refractivity contribution >= 4 is 45.7 Å². The fraction of sp³-hybridized carbons (Fsp3) is 0.424. The number of anilines is 1. The lowest BCUT2D eigenvalue weighted by atomic mass is 9.77. The first kappa shape index (κ1) is 31.5. The van der Waals surface area contributed by atoms with E-state index in [4.69, 9.17) is 26.2 Å². The zero-order valence-electron chi connectivity index (χ0n) is 24.8.